The first-order valence-corrected chi connectivity index (χ1v) is 11.6. The van der Waals surface area contributed by atoms with Gasteiger partial charge in [0.15, 0.2) is 0 Å². The topological polar surface area (TPSA) is 58.6 Å². The lowest BCUT2D eigenvalue weighted by atomic mass is 9.99. The van der Waals surface area contributed by atoms with E-state index < -0.39 is 0 Å². The van der Waals surface area contributed by atoms with Gasteiger partial charge in [-0.1, -0.05) is 55.8 Å². The lowest BCUT2D eigenvalue weighted by Crippen LogP contribution is -2.32. The Bertz CT molecular complexity index is 1260. The first-order chi connectivity index (χ1) is 16.4. The molecule has 0 bridgehead atoms. The Balaban J connectivity index is 1.77. The van der Waals surface area contributed by atoms with E-state index in [9.17, 15) is 9.59 Å². The molecule has 0 spiro atoms. The number of methoxy groups -OCH3 is 1. The van der Waals surface area contributed by atoms with Crippen LogP contribution in [0.3, 0.4) is 0 Å². The number of nitrogens with zero attached hydrogens (tertiary/aromatic N) is 1. The van der Waals surface area contributed by atoms with E-state index in [1.54, 1.807) is 7.11 Å². The number of nitrogens with one attached hydrogen (secondary N) is 1. The summed E-state index contributed by atoms with van der Waals surface area (Å²) in [6, 6.07) is 20.9. The van der Waals surface area contributed by atoms with Crippen molar-refractivity contribution >= 4 is 28.8 Å². The average Bonchev–Trinajstić information content (AvgIpc) is 3.09. The third-order valence-electron chi connectivity index (χ3n) is 6.26. The quantitative estimate of drug-likeness (QED) is 0.421. The highest BCUT2D eigenvalue weighted by molar-refractivity contribution is 6.46. The molecule has 0 unspecified atom stereocenters. The van der Waals surface area contributed by atoms with E-state index in [1.165, 1.54) is 10.5 Å². The summed E-state index contributed by atoms with van der Waals surface area (Å²) in [6.07, 6.45) is 3.20. The van der Waals surface area contributed by atoms with Crippen molar-refractivity contribution in [3.8, 4) is 5.75 Å². The molecule has 0 aromatic heterocycles. The van der Waals surface area contributed by atoms with Crippen LogP contribution in [0.2, 0.25) is 0 Å². The zero-order valence-electron chi connectivity index (χ0n) is 20.1. The van der Waals surface area contributed by atoms with Gasteiger partial charge in [-0.05, 0) is 73.2 Å². The van der Waals surface area contributed by atoms with Crippen molar-refractivity contribution in [2.24, 2.45) is 0 Å². The smallest absolute Gasteiger partial charge is 0.282 e. The fraction of sp³-hybridized carbons (Fsp3) is 0.241. The summed E-state index contributed by atoms with van der Waals surface area (Å²) >= 11 is 0. The van der Waals surface area contributed by atoms with Crippen molar-refractivity contribution in [3.05, 3.63) is 94.7 Å². The maximum absolute atomic E-state index is 13.7. The predicted octanol–water partition coefficient (Wildman–Crippen LogP) is 6.05. The molecule has 174 valence electrons. The highest BCUT2D eigenvalue weighted by atomic mass is 16.5. The van der Waals surface area contributed by atoms with Crippen molar-refractivity contribution in [1.29, 1.82) is 0 Å². The Labute approximate surface area is 201 Å². The van der Waals surface area contributed by atoms with Crippen LogP contribution in [-0.2, 0) is 16.0 Å². The molecule has 1 aliphatic heterocycles. The van der Waals surface area contributed by atoms with E-state index in [0.29, 0.717) is 28.3 Å². The molecule has 3 aromatic carbocycles. The van der Waals surface area contributed by atoms with Gasteiger partial charge in [0.2, 0.25) is 0 Å². The number of aryl methyl sites for hydroxylation is 3. The number of para-hydroxylation sites is 2. The summed E-state index contributed by atoms with van der Waals surface area (Å²) in [5, 5.41) is 3.20. The monoisotopic (exact) mass is 454 g/mol. The van der Waals surface area contributed by atoms with Crippen molar-refractivity contribution in [2.75, 3.05) is 17.3 Å². The van der Waals surface area contributed by atoms with E-state index in [0.717, 1.165) is 30.4 Å². The number of hydrogen-bond acceptors (Lipinski definition) is 4. The summed E-state index contributed by atoms with van der Waals surface area (Å²) in [5.74, 6) is -0.134. The molecule has 1 aliphatic rings. The fourth-order valence-electron chi connectivity index (χ4n) is 4.12. The highest BCUT2D eigenvalue weighted by Gasteiger charge is 2.40. The van der Waals surface area contributed by atoms with Gasteiger partial charge in [0, 0.05) is 0 Å². The van der Waals surface area contributed by atoms with Gasteiger partial charge in [0.05, 0.1) is 24.1 Å². The van der Waals surface area contributed by atoms with Crippen molar-refractivity contribution in [1.82, 2.24) is 0 Å². The molecule has 5 heteroatoms. The van der Waals surface area contributed by atoms with E-state index >= 15 is 0 Å². The van der Waals surface area contributed by atoms with Gasteiger partial charge in [-0.25, -0.2) is 4.90 Å². The van der Waals surface area contributed by atoms with Crippen LogP contribution in [0.25, 0.3) is 5.57 Å². The van der Waals surface area contributed by atoms with Gasteiger partial charge in [-0.3, -0.25) is 9.59 Å². The number of hydrogen-bond donors (Lipinski definition) is 1. The molecule has 4 rings (SSSR count). The summed E-state index contributed by atoms with van der Waals surface area (Å²) < 4.78 is 5.46. The summed E-state index contributed by atoms with van der Waals surface area (Å²) in [4.78, 5) is 28.6. The molecule has 0 fully saturated rings. The zero-order valence-corrected chi connectivity index (χ0v) is 20.1. The molecule has 0 aliphatic carbocycles. The fourth-order valence-corrected chi connectivity index (χ4v) is 4.12. The number of ether oxygens (including phenoxy) is 1. The van der Waals surface area contributed by atoms with Gasteiger partial charge in [-0.2, -0.15) is 0 Å². The van der Waals surface area contributed by atoms with Crippen LogP contribution >= 0.6 is 0 Å². The predicted molar refractivity (Wildman–Crippen MR) is 137 cm³/mol. The van der Waals surface area contributed by atoms with Crippen molar-refractivity contribution < 1.29 is 14.3 Å². The van der Waals surface area contributed by atoms with E-state index in [1.807, 2.05) is 80.6 Å². The lowest BCUT2D eigenvalue weighted by molar-refractivity contribution is -0.120. The molecule has 2 amide bonds. The highest BCUT2D eigenvalue weighted by Crippen LogP contribution is 2.36. The van der Waals surface area contributed by atoms with Gasteiger partial charge in [0.1, 0.15) is 11.4 Å². The standard InChI is InChI=1S/C29H30N2O3/c1-5-6-9-21-13-16-23(17-14-21)31-28(32)26(22-15-12-19(2)20(3)18-22)27(29(31)33)30-24-10-7-8-11-25(24)34-4/h7-8,10-18,30H,5-6,9H2,1-4H3. The number of carbonyl (C=O) groups is 2. The first kappa shape index (κ1) is 23.3. The van der Waals surface area contributed by atoms with Crippen LogP contribution in [0.15, 0.2) is 72.4 Å². The average molecular weight is 455 g/mol. The second-order valence-corrected chi connectivity index (χ2v) is 8.59. The van der Waals surface area contributed by atoms with Crippen LogP contribution in [0.1, 0.15) is 42.0 Å². The number of imide groups is 1. The minimum atomic E-state index is -0.384. The normalized spacial score (nSPS) is 13.6. The molecule has 1 heterocycles. The SMILES string of the molecule is CCCCc1ccc(N2C(=O)C(Nc3ccccc3OC)=C(c3ccc(C)c(C)c3)C2=O)cc1. The summed E-state index contributed by atoms with van der Waals surface area (Å²) in [5.41, 5.74) is 5.87. The number of rotatable bonds is 8. The van der Waals surface area contributed by atoms with Crippen LogP contribution in [0, 0.1) is 13.8 Å². The van der Waals surface area contributed by atoms with E-state index in [2.05, 4.69) is 12.2 Å². The molecule has 5 nitrogen and oxygen atoms in total. The maximum Gasteiger partial charge on any atom is 0.282 e. The zero-order chi connectivity index (χ0) is 24.2. The van der Waals surface area contributed by atoms with Gasteiger partial charge < -0.3 is 10.1 Å². The molecule has 0 atom stereocenters. The second kappa shape index (κ2) is 9.96. The maximum atomic E-state index is 13.7. The molecule has 0 saturated carbocycles. The van der Waals surface area contributed by atoms with Crippen molar-refractivity contribution in [3.63, 3.8) is 0 Å². The van der Waals surface area contributed by atoms with Crippen LogP contribution < -0.4 is 15.0 Å². The molecule has 1 N–H and O–H groups in total. The van der Waals surface area contributed by atoms with Gasteiger partial charge in [0.25, 0.3) is 11.8 Å². The number of carbonyl (C=O) groups excluding carboxylic acids is 2. The summed E-state index contributed by atoms with van der Waals surface area (Å²) in [6.45, 7) is 6.18. The molecule has 34 heavy (non-hydrogen) atoms. The third-order valence-corrected chi connectivity index (χ3v) is 6.26. The molecular weight excluding hydrogens is 424 g/mol. The molecule has 0 saturated heterocycles. The number of benzene rings is 3. The van der Waals surface area contributed by atoms with Gasteiger partial charge >= 0.3 is 0 Å². The largest absolute Gasteiger partial charge is 0.495 e. The van der Waals surface area contributed by atoms with Crippen LogP contribution in [-0.4, -0.2) is 18.9 Å². The minimum absolute atomic E-state index is 0.243. The Morgan fingerprint density at radius 2 is 1.62 bits per heavy atom. The molecular formula is C29H30N2O3. The van der Waals surface area contributed by atoms with Crippen LogP contribution in [0.4, 0.5) is 11.4 Å². The molecule has 3 aromatic rings. The Kier molecular flexibility index (Phi) is 6.82. The number of anilines is 2. The summed E-state index contributed by atoms with van der Waals surface area (Å²) in [7, 11) is 1.58. The Morgan fingerprint density at radius 1 is 0.882 bits per heavy atom. The van der Waals surface area contributed by atoms with Crippen molar-refractivity contribution in [2.45, 2.75) is 40.0 Å². The lowest BCUT2D eigenvalue weighted by Gasteiger charge is -2.16. The van der Waals surface area contributed by atoms with Gasteiger partial charge in [-0.15, -0.1) is 0 Å². The first-order valence-electron chi connectivity index (χ1n) is 11.6. The number of amides is 2. The Hall–Kier alpha value is -3.86. The van der Waals surface area contributed by atoms with E-state index in [4.69, 9.17) is 4.74 Å². The Morgan fingerprint density at radius 3 is 2.29 bits per heavy atom. The second-order valence-electron chi connectivity index (χ2n) is 8.59. The van der Waals surface area contributed by atoms with Crippen LogP contribution in [0.5, 0.6) is 5.75 Å². The molecule has 0 radical (unpaired) electrons. The third kappa shape index (κ3) is 4.46. The minimum Gasteiger partial charge on any atom is -0.495 e. The number of unbranched alkanes of at least 4 members (excludes halogenated alkanes) is 1. The van der Waals surface area contributed by atoms with E-state index in [-0.39, 0.29) is 17.5 Å².